The Bertz CT molecular complexity index is 803. The predicted octanol–water partition coefficient (Wildman–Crippen LogP) is 2.21. The number of fused-ring (bicyclic) bond motifs is 1. The molecule has 5 nitrogen and oxygen atoms in total. The number of halogens is 3. The van der Waals surface area contributed by atoms with Crippen LogP contribution in [0.1, 0.15) is 31.4 Å². The molecule has 1 aliphatic rings. The molecule has 2 heterocycles. The standard InChI is InChI=1S/C14H13F3N2O3/c1-13(22)4-7(5-13)19-11(21)3-10(14(15,16)17)9-2-8(20)6-18-12(9)19/h2-3,6-7,20,22H,4-5H2,1H3. The van der Waals surface area contributed by atoms with Crippen LogP contribution in [0.15, 0.2) is 23.1 Å². The third kappa shape index (κ3) is 2.33. The highest BCUT2D eigenvalue weighted by Crippen LogP contribution is 2.42. The van der Waals surface area contributed by atoms with Crippen molar-refractivity contribution in [2.24, 2.45) is 0 Å². The monoisotopic (exact) mass is 314 g/mol. The Hall–Kier alpha value is -2.09. The number of hydrogen-bond donors (Lipinski definition) is 2. The molecular formula is C14H13F3N2O3. The molecule has 1 saturated carbocycles. The van der Waals surface area contributed by atoms with Crippen LogP contribution >= 0.6 is 0 Å². The van der Waals surface area contributed by atoms with Crippen LogP contribution in [0.5, 0.6) is 5.75 Å². The first-order chi connectivity index (χ1) is 10.1. The largest absolute Gasteiger partial charge is 0.506 e. The van der Waals surface area contributed by atoms with Crippen LogP contribution in [0, 0.1) is 0 Å². The Morgan fingerprint density at radius 1 is 1.36 bits per heavy atom. The fourth-order valence-electron chi connectivity index (χ4n) is 2.94. The fraction of sp³-hybridized carbons (Fsp3) is 0.429. The molecular weight excluding hydrogens is 301 g/mol. The van der Waals surface area contributed by atoms with E-state index in [0.29, 0.717) is 6.07 Å². The molecule has 22 heavy (non-hydrogen) atoms. The molecule has 0 unspecified atom stereocenters. The maximum Gasteiger partial charge on any atom is 0.417 e. The highest BCUT2D eigenvalue weighted by Gasteiger charge is 2.42. The second-order valence-electron chi connectivity index (χ2n) is 5.89. The first kappa shape index (κ1) is 14.8. The molecule has 8 heteroatoms. The lowest BCUT2D eigenvalue weighted by Gasteiger charge is -2.42. The molecule has 2 aromatic rings. The molecule has 0 aliphatic heterocycles. The topological polar surface area (TPSA) is 75.4 Å². The Kier molecular flexibility index (Phi) is 3.00. The molecule has 2 N–H and O–H groups in total. The maximum absolute atomic E-state index is 13.1. The summed E-state index contributed by atoms with van der Waals surface area (Å²) in [6.45, 7) is 1.60. The van der Waals surface area contributed by atoms with Crippen molar-refractivity contribution < 1.29 is 23.4 Å². The third-order valence-electron chi connectivity index (χ3n) is 3.90. The van der Waals surface area contributed by atoms with Crippen molar-refractivity contribution in [2.75, 3.05) is 0 Å². The zero-order chi connectivity index (χ0) is 16.3. The Labute approximate surface area is 122 Å². The Morgan fingerprint density at radius 3 is 2.55 bits per heavy atom. The van der Waals surface area contributed by atoms with Crippen molar-refractivity contribution in [1.82, 2.24) is 9.55 Å². The van der Waals surface area contributed by atoms with Gasteiger partial charge in [-0.2, -0.15) is 13.2 Å². The lowest BCUT2D eigenvalue weighted by molar-refractivity contribution is -0.136. The van der Waals surface area contributed by atoms with Crippen molar-refractivity contribution in [3.63, 3.8) is 0 Å². The molecule has 1 fully saturated rings. The SMILES string of the molecule is CC1(O)CC(n2c(=O)cc(C(F)(F)F)c3cc(O)cnc32)C1. The third-order valence-corrected chi connectivity index (χ3v) is 3.90. The number of pyridine rings is 2. The van der Waals surface area contributed by atoms with Crippen molar-refractivity contribution in [2.45, 2.75) is 37.6 Å². The quantitative estimate of drug-likeness (QED) is 0.846. The van der Waals surface area contributed by atoms with Crippen LogP contribution in [-0.4, -0.2) is 25.4 Å². The molecule has 0 amide bonds. The van der Waals surface area contributed by atoms with E-state index in [9.17, 15) is 28.2 Å². The van der Waals surface area contributed by atoms with Gasteiger partial charge in [0.2, 0.25) is 0 Å². The molecule has 0 atom stereocenters. The molecule has 1 aliphatic carbocycles. The zero-order valence-corrected chi connectivity index (χ0v) is 11.6. The van der Waals surface area contributed by atoms with Crippen LogP contribution < -0.4 is 5.56 Å². The van der Waals surface area contributed by atoms with Crippen molar-refractivity contribution in [3.05, 3.63) is 34.2 Å². The lowest BCUT2D eigenvalue weighted by Crippen LogP contribution is -2.45. The van der Waals surface area contributed by atoms with Crippen LogP contribution in [0.25, 0.3) is 11.0 Å². The van der Waals surface area contributed by atoms with E-state index in [1.807, 2.05) is 0 Å². The summed E-state index contributed by atoms with van der Waals surface area (Å²) in [6.07, 6.45) is -3.21. The average Bonchev–Trinajstić information content (AvgIpc) is 2.34. The number of aromatic hydroxyl groups is 1. The smallest absolute Gasteiger partial charge is 0.417 e. The zero-order valence-electron chi connectivity index (χ0n) is 11.6. The van der Waals surface area contributed by atoms with Gasteiger partial charge in [0.05, 0.1) is 17.4 Å². The van der Waals surface area contributed by atoms with Crippen molar-refractivity contribution in [1.29, 1.82) is 0 Å². The molecule has 118 valence electrons. The molecule has 0 aromatic carbocycles. The van der Waals surface area contributed by atoms with E-state index in [1.54, 1.807) is 6.92 Å². The first-order valence-electron chi connectivity index (χ1n) is 6.62. The molecule has 3 rings (SSSR count). The lowest BCUT2D eigenvalue weighted by atomic mass is 9.77. The number of alkyl halides is 3. The van der Waals surface area contributed by atoms with E-state index in [0.717, 1.165) is 16.8 Å². The van der Waals surface area contributed by atoms with Gasteiger partial charge in [0.25, 0.3) is 5.56 Å². The molecule has 2 aromatic heterocycles. The number of nitrogens with zero attached hydrogens (tertiary/aromatic N) is 2. The van der Waals surface area contributed by atoms with Gasteiger partial charge in [-0.25, -0.2) is 4.98 Å². The van der Waals surface area contributed by atoms with E-state index in [1.165, 1.54) is 0 Å². The first-order valence-corrected chi connectivity index (χ1v) is 6.62. The van der Waals surface area contributed by atoms with Gasteiger partial charge in [0.1, 0.15) is 11.4 Å². The highest BCUT2D eigenvalue weighted by molar-refractivity contribution is 5.81. The summed E-state index contributed by atoms with van der Waals surface area (Å²) in [6, 6.07) is 1.04. The second kappa shape index (κ2) is 4.45. The van der Waals surface area contributed by atoms with Gasteiger partial charge < -0.3 is 10.2 Å². The van der Waals surface area contributed by atoms with E-state index in [2.05, 4.69) is 4.98 Å². The van der Waals surface area contributed by atoms with Crippen molar-refractivity contribution >= 4 is 11.0 Å². The van der Waals surface area contributed by atoms with Gasteiger partial charge in [0.15, 0.2) is 0 Å². The minimum Gasteiger partial charge on any atom is -0.506 e. The minimum atomic E-state index is -4.73. The van der Waals surface area contributed by atoms with Gasteiger partial charge in [-0.15, -0.1) is 0 Å². The highest BCUT2D eigenvalue weighted by atomic mass is 19.4. The van der Waals surface area contributed by atoms with Gasteiger partial charge in [-0.05, 0) is 25.8 Å². The summed E-state index contributed by atoms with van der Waals surface area (Å²) >= 11 is 0. The molecule has 0 radical (unpaired) electrons. The summed E-state index contributed by atoms with van der Waals surface area (Å²) in [5, 5.41) is 18.9. The molecule has 0 saturated heterocycles. The van der Waals surface area contributed by atoms with E-state index in [-0.39, 0.29) is 23.9 Å². The van der Waals surface area contributed by atoms with Crippen LogP contribution in [0.3, 0.4) is 0 Å². The van der Waals surface area contributed by atoms with E-state index in [4.69, 9.17) is 0 Å². The fourth-order valence-corrected chi connectivity index (χ4v) is 2.94. The summed E-state index contributed by atoms with van der Waals surface area (Å²) in [7, 11) is 0. The average molecular weight is 314 g/mol. The molecule has 0 spiro atoms. The van der Waals surface area contributed by atoms with Crippen molar-refractivity contribution in [3.8, 4) is 5.75 Å². The van der Waals surface area contributed by atoms with E-state index >= 15 is 0 Å². The van der Waals surface area contributed by atoms with E-state index < -0.39 is 34.7 Å². The van der Waals surface area contributed by atoms with Crippen LogP contribution in [-0.2, 0) is 6.18 Å². The van der Waals surface area contributed by atoms with Crippen LogP contribution in [0.4, 0.5) is 13.2 Å². The van der Waals surface area contributed by atoms with Gasteiger partial charge in [-0.3, -0.25) is 9.36 Å². The normalized spacial score (nSPS) is 25.2. The van der Waals surface area contributed by atoms with Gasteiger partial charge >= 0.3 is 6.18 Å². The summed E-state index contributed by atoms with van der Waals surface area (Å²) in [5.74, 6) is -0.413. The Balaban J connectivity index is 2.27. The molecule has 0 bridgehead atoms. The summed E-state index contributed by atoms with van der Waals surface area (Å²) < 4.78 is 40.4. The minimum absolute atomic E-state index is 0.141. The van der Waals surface area contributed by atoms with Gasteiger partial charge in [-0.1, -0.05) is 0 Å². The summed E-state index contributed by atoms with van der Waals surface area (Å²) in [5.41, 5.74) is -3.02. The predicted molar refractivity (Wildman–Crippen MR) is 71.6 cm³/mol. The number of aliphatic hydroxyl groups is 1. The van der Waals surface area contributed by atoms with Gasteiger partial charge in [0, 0.05) is 17.5 Å². The second-order valence-corrected chi connectivity index (χ2v) is 5.89. The maximum atomic E-state index is 13.1. The Morgan fingerprint density at radius 2 is 2.00 bits per heavy atom. The summed E-state index contributed by atoms with van der Waals surface area (Å²) in [4.78, 5) is 15.9. The number of hydrogen-bond acceptors (Lipinski definition) is 4. The van der Waals surface area contributed by atoms with Crippen LogP contribution in [0.2, 0.25) is 0 Å². The number of aromatic nitrogens is 2. The number of rotatable bonds is 1.